The smallest absolute Gasteiger partial charge is 0.188 e. The van der Waals surface area contributed by atoms with Crippen molar-refractivity contribution in [2.45, 2.75) is 64.3 Å². The van der Waals surface area contributed by atoms with E-state index >= 15 is 0 Å². The largest absolute Gasteiger partial charge is 0.465 e. The van der Waals surface area contributed by atoms with Crippen LogP contribution in [0.2, 0.25) is 0 Å². The van der Waals surface area contributed by atoms with Gasteiger partial charge in [-0.1, -0.05) is 25.8 Å². The van der Waals surface area contributed by atoms with Gasteiger partial charge in [-0.15, -0.1) is 0 Å². The van der Waals surface area contributed by atoms with Gasteiger partial charge in [-0.3, -0.25) is 4.79 Å². The van der Waals surface area contributed by atoms with Gasteiger partial charge in [0.1, 0.15) is 11.4 Å². The Balaban J connectivity index is 1.90. The lowest BCUT2D eigenvalue weighted by Crippen LogP contribution is -2.45. The van der Waals surface area contributed by atoms with E-state index in [1.54, 1.807) is 19.4 Å². The molecule has 3 rings (SSSR count). The molecule has 2 aliphatic heterocycles. The Labute approximate surface area is 150 Å². The second-order valence-electron chi connectivity index (χ2n) is 7.24. The number of fused-ring (bicyclic) bond motifs is 3. The van der Waals surface area contributed by atoms with Crippen LogP contribution in [0.4, 0.5) is 0 Å². The minimum Gasteiger partial charge on any atom is -0.465 e. The van der Waals surface area contributed by atoms with Crippen LogP contribution in [0.15, 0.2) is 47.5 Å². The summed E-state index contributed by atoms with van der Waals surface area (Å²) >= 11 is 0. The summed E-state index contributed by atoms with van der Waals surface area (Å²) in [7, 11) is 1.68. The zero-order chi connectivity index (χ0) is 18.1. The van der Waals surface area contributed by atoms with E-state index in [1.807, 2.05) is 32.1 Å². The molecule has 0 aromatic rings. The lowest BCUT2D eigenvalue weighted by molar-refractivity contribution is -0.235. The van der Waals surface area contributed by atoms with E-state index in [1.165, 1.54) is 0 Å². The molecule has 0 radical (unpaired) electrons. The molecule has 136 valence electrons. The van der Waals surface area contributed by atoms with Gasteiger partial charge in [-0.2, -0.15) is 0 Å². The van der Waals surface area contributed by atoms with Gasteiger partial charge in [0.05, 0.1) is 6.26 Å². The Morgan fingerprint density at radius 1 is 1.36 bits per heavy atom. The van der Waals surface area contributed by atoms with Crippen molar-refractivity contribution >= 4 is 5.78 Å². The summed E-state index contributed by atoms with van der Waals surface area (Å²) in [5.41, 5.74) is 1.08. The number of carbonyl (C=O) groups excluding carboxylic acids is 1. The molecule has 0 spiro atoms. The third-order valence-electron chi connectivity index (χ3n) is 5.55. The van der Waals surface area contributed by atoms with E-state index in [0.29, 0.717) is 6.42 Å². The fraction of sp³-hybridized carbons (Fsp3) is 0.571. The summed E-state index contributed by atoms with van der Waals surface area (Å²) in [6.45, 7) is 6.00. The molecule has 0 bridgehead atoms. The van der Waals surface area contributed by atoms with Crippen molar-refractivity contribution in [1.29, 1.82) is 0 Å². The summed E-state index contributed by atoms with van der Waals surface area (Å²) < 4.78 is 17.9. The van der Waals surface area contributed by atoms with Gasteiger partial charge < -0.3 is 14.2 Å². The zero-order valence-electron chi connectivity index (χ0n) is 15.6. The highest BCUT2D eigenvalue weighted by molar-refractivity contribution is 6.01. The Bertz CT molecular complexity index is 669. The Kier molecular flexibility index (Phi) is 5.03. The third-order valence-corrected chi connectivity index (χ3v) is 5.55. The molecule has 0 N–H and O–H groups in total. The average Bonchev–Trinajstić information content (AvgIpc) is 2.91. The monoisotopic (exact) mass is 344 g/mol. The molecule has 4 heteroatoms. The van der Waals surface area contributed by atoms with Gasteiger partial charge in [0.2, 0.25) is 0 Å². The molecule has 0 aromatic carbocycles. The number of hydrogen-bond donors (Lipinski definition) is 0. The molecular weight excluding hydrogens is 316 g/mol. The normalized spacial score (nSPS) is 34.2. The molecular formula is C21H28O4. The van der Waals surface area contributed by atoms with Crippen LogP contribution in [0.1, 0.15) is 52.9 Å². The first-order valence-corrected chi connectivity index (χ1v) is 9.21. The molecule has 3 atom stereocenters. The van der Waals surface area contributed by atoms with Gasteiger partial charge in [0.25, 0.3) is 0 Å². The third kappa shape index (κ3) is 3.13. The minimum absolute atomic E-state index is 0.0112. The molecule has 4 nitrogen and oxygen atoms in total. The molecule has 3 unspecified atom stereocenters. The van der Waals surface area contributed by atoms with E-state index in [9.17, 15) is 4.79 Å². The van der Waals surface area contributed by atoms with Crippen molar-refractivity contribution < 1.29 is 19.0 Å². The predicted octanol–water partition coefficient (Wildman–Crippen LogP) is 4.59. The van der Waals surface area contributed by atoms with Gasteiger partial charge in [0, 0.05) is 31.4 Å². The summed E-state index contributed by atoms with van der Waals surface area (Å²) in [5.74, 6) is 0.0117. The highest BCUT2D eigenvalue weighted by Crippen LogP contribution is 2.53. The molecule has 25 heavy (non-hydrogen) atoms. The molecule has 1 fully saturated rings. The van der Waals surface area contributed by atoms with E-state index in [-0.39, 0.29) is 11.7 Å². The first-order chi connectivity index (χ1) is 12.0. The summed E-state index contributed by atoms with van der Waals surface area (Å²) in [6, 6.07) is 0. The van der Waals surface area contributed by atoms with Gasteiger partial charge in [-0.05, 0) is 44.1 Å². The molecule has 2 heterocycles. The first kappa shape index (κ1) is 18.2. The standard InChI is InChI=1S/C21H28O4/c1-5-7-8-10-21(23-4)13-18-17-14-24-16(9-6-2)11-15(17)12-19(22)20(18,3)25-21/h6,9,11-12,14,18H,5,7-8,10,13H2,1-4H3. The second kappa shape index (κ2) is 6.93. The number of carbonyl (C=O) groups is 1. The molecule has 1 saturated heterocycles. The van der Waals surface area contributed by atoms with E-state index in [0.717, 1.165) is 42.6 Å². The quantitative estimate of drug-likeness (QED) is 0.661. The maximum absolute atomic E-state index is 12.9. The molecule has 1 aliphatic carbocycles. The van der Waals surface area contributed by atoms with E-state index < -0.39 is 11.4 Å². The number of hydrogen-bond acceptors (Lipinski definition) is 4. The number of ether oxygens (including phenoxy) is 3. The van der Waals surface area contributed by atoms with E-state index in [4.69, 9.17) is 14.2 Å². The number of ketones is 1. The maximum atomic E-state index is 12.9. The average molecular weight is 344 g/mol. The Hall–Kier alpha value is -1.65. The Morgan fingerprint density at radius 3 is 2.84 bits per heavy atom. The highest BCUT2D eigenvalue weighted by atomic mass is 16.7. The molecule has 0 aromatic heterocycles. The number of unbranched alkanes of at least 4 members (excludes halogenated alkanes) is 2. The van der Waals surface area contributed by atoms with E-state index in [2.05, 4.69) is 6.92 Å². The van der Waals surface area contributed by atoms with Crippen molar-refractivity contribution in [3.05, 3.63) is 47.5 Å². The van der Waals surface area contributed by atoms with Crippen LogP contribution < -0.4 is 0 Å². The number of methoxy groups -OCH3 is 1. The summed E-state index contributed by atoms with van der Waals surface area (Å²) in [5, 5.41) is 0. The molecule has 3 aliphatic rings. The van der Waals surface area contributed by atoms with Crippen LogP contribution in [-0.2, 0) is 19.0 Å². The lowest BCUT2D eigenvalue weighted by atomic mass is 9.72. The van der Waals surface area contributed by atoms with Crippen LogP contribution in [0, 0.1) is 5.92 Å². The zero-order valence-corrected chi connectivity index (χ0v) is 15.6. The fourth-order valence-electron chi connectivity index (χ4n) is 4.07. The number of allylic oxidation sites excluding steroid dienone is 4. The van der Waals surface area contributed by atoms with Crippen molar-refractivity contribution in [1.82, 2.24) is 0 Å². The van der Waals surface area contributed by atoms with Crippen molar-refractivity contribution in [2.75, 3.05) is 7.11 Å². The van der Waals surface area contributed by atoms with Crippen LogP contribution in [0.5, 0.6) is 0 Å². The predicted molar refractivity (Wildman–Crippen MR) is 96.6 cm³/mol. The Morgan fingerprint density at radius 2 is 2.16 bits per heavy atom. The van der Waals surface area contributed by atoms with Crippen LogP contribution in [0.25, 0.3) is 0 Å². The topological polar surface area (TPSA) is 44.8 Å². The van der Waals surface area contributed by atoms with Crippen molar-refractivity contribution in [3.8, 4) is 0 Å². The van der Waals surface area contributed by atoms with Crippen LogP contribution in [0.3, 0.4) is 0 Å². The SMILES string of the molecule is CC=CC1=CC2=CC(=O)C3(C)OC(CCCCC)(OC)CC3C2=CO1. The fourth-order valence-corrected chi connectivity index (χ4v) is 4.07. The van der Waals surface area contributed by atoms with Crippen LogP contribution in [-0.4, -0.2) is 24.3 Å². The summed E-state index contributed by atoms with van der Waals surface area (Å²) in [4.78, 5) is 12.9. The van der Waals surface area contributed by atoms with Crippen molar-refractivity contribution in [2.24, 2.45) is 5.92 Å². The van der Waals surface area contributed by atoms with Gasteiger partial charge in [-0.25, -0.2) is 0 Å². The molecule has 0 saturated carbocycles. The summed E-state index contributed by atoms with van der Waals surface area (Å²) in [6.07, 6.45) is 14.0. The highest BCUT2D eigenvalue weighted by Gasteiger charge is 2.59. The second-order valence-corrected chi connectivity index (χ2v) is 7.24. The molecule has 0 amide bonds. The minimum atomic E-state index is -0.882. The van der Waals surface area contributed by atoms with Crippen molar-refractivity contribution in [3.63, 3.8) is 0 Å². The van der Waals surface area contributed by atoms with Crippen LogP contribution >= 0.6 is 0 Å². The van der Waals surface area contributed by atoms with Gasteiger partial charge >= 0.3 is 0 Å². The number of rotatable bonds is 6. The lowest BCUT2D eigenvalue weighted by Gasteiger charge is -2.35. The van der Waals surface area contributed by atoms with Gasteiger partial charge in [0.15, 0.2) is 11.6 Å². The first-order valence-electron chi connectivity index (χ1n) is 9.21. The maximum Gasteiger partial charge on any atom is 0.188 e.